The average molecular weight is 368 g/mol. The van der Waals surface area contributed by atoms with Gasteiger partial charge in [0, 0.05) is 0 Å². The zero-order valence-electron chi connectivity index (χ0n) is 10.2. The van der Waals surface area contributed by atoms with E-state index in [1.165, 1.54) is 5.92 Å². The second-order valence-electron chi connectivity index (χ2n) is 3.56. The van der Waals surface area contributed by atoms with Crippen LogP contribution in [0, 0.1) is 12.3 Å². The van der Waals surface area contributed by atoms with E-state index in [-0.39, 0.29) is 0 Å². The monoisotopic (exact) mass is 368 g/mol. The SMILES string of the molecule is C#CCOC(=O)[C@](F)(OC(F)(F)C(F)(F)C(F)(F)F)C(F)(F)F. The van der Waals surface area contributed by atoms with E-state index in [0.29, 0.717) is 0 Å². The second kappa shape index (κ2) is 6.02. The van der Waals surface area contributed by atoms with Crippen LogP contribution in [0.4, 0.5) is 48.3 Å². The van der Waals surface area contributed by atoms with Crippen LogP contribution in [0.25, 0.3) is 0 Å². The fourth-order valence-electron chi connectivity index (χ4n) is 0.821. The number of halogens is 11. The van der Waals surface area contributed by atoms with Crippen LogP contribution in [0.15, 0.2) is 0 Å². The number of hydrogen-bond acceptors (Lipinski definition) is 3. The molecule has 0 aliphatic carbocycles. The lowest BCUT2D eigenvalue weighted by Gasteiger charge is -2.33. The highest BCUT2D eigenvalue weighted by atomic mass is 19.4. The van der Waals surface area contributed by atoms with E-state index in [0.717, 1.165) is 0 Å². The van der Waals surface area contributed by atoms with Crippen LogP contribution in [-0.4, -0.2) is 42.8 Å². The molecule has 0 unspecified atom stereocenters. The second-order valence-corrected chi connectivity index (χ2v) is 3.56. The third-order valence-corrected chi connectivity index (χ3v) is 1.90. The Morgan fingerprint density at radius 3 is 1.61 bits per heavy atom. The summed E-state index contributed by atoms with van der Waals surface area (Å²) >= 11 is 0. The summed E-state index contributed by atoms with van der Waals surface area (Å²) in [6.45, 7) is -1.44. The quantitative estimate of drug-likeness (QED) is 0.425. The molecule has 0 fully saturated rings. The molecule has 0 saturated heterocycles. The van der Waals surface area contributed by atoms with Gasteiger partial charge in [-0.05, 0) is 0 Å². The molecule has 3 nitrogen and oxygen atoms in total. The van der Waals surface area contributed by atoms with Gasteiger partial charge in [0.05, 0.1) is 0 Å². The standard InChI is InChI=1S/C9H3F11O3/c1-2-3-22-4(21)5(10,7(13,14)15)23-9(19,20)6(11,12)8(16,17)18/h1H,3H2/t5-/m0/s1. The Labute approximate surface area is 119 Å². The molecule has 0 N–H and O–H groups in total. The fraction of sp³-hybridized carbons (Fsp3) is 0.667. The number of carbonyl (C=O) groups excluding carboxylic acids is 1. The van der Waals surface area contributed by atoms with Crippen molar-refractivity contribution in [3.63, 3.8) is 0 Å². The molecule has 0 aliphatic rings. The molecule has 23 heavy (non-hydrogen) atoms. The number of rotatable bonds is 5. The van der Waals surface area contributed by atoms with Crippen LogP contribution < -0.4 is 0 Å². The Kier molecular flexibility index (Phi) is 5.56. The molecule has 14 heteroatoms. The molecule has 0 rings (SSSR count). The fourth-order valence-corrected chi connectivity index (χ4v) is 0.821. The van der Waals surface area contributed by atoms with E-state index < -0.39 is 42.8 Å². The van der Waals surface area contributed by atoms with Gasteiger partial charge in [-0.1, -0.05) is 5.92 Å². The molecule has 0 amide bonds. The number of hydrogen-bond donors (Lipinski definition) is 0. The van der Waals surface area contributed by atoms with E-state index in [4.69, 9.17) is 0 Å². The Balaban J connectivity index is 5.83. The minimum atomic E-state index is -7.25. The third kappa shape index (κ3) is 3.95. The topological polar surface area (TPSA) is 35.5 Å². The van der Waals surface area contributed by atoms with Crippen LogP contribution in [0.2, 0.25) is 0 Å². The first-order valence-electron chi connectivity index (χ1n) is 4.83. The molecule has 0 radical (unpaired) electrons. The zero-order chi connectivity index (χ0) is 18.9. The molecule has 0 heterocycles. The van der Waals surface area contributed by atoms with Gasteiger partial charge in [-0.25, -0.2) is 4.79 Å². The molecular weight excluding hydrogens is 365 g/mol. The molecule has 0 aliphatic heterocycles. The minimum Gasteiger partial charge on any atom is -0.448 e. The van der Waals surface area contributed by atoms with Crippen molar-refractivity contribution in [1.82, 2.24) is 0 Å². The molecule has 0 aromatic heterocycles. The van der Waals surface area contributed by atoms with Crippen molar-refractivity contribution in [2.75, 3.05) is 6.61 Å². The summed E-state index contributed by atoms with van der Waals surface area (Å²) in [4.78, 5) is 10.7. The number of carbonyl (C=O) groups is 1. The third-order valence-electron chi connectivity index (χ3n) is 1.90. The van der Waals surface area contributed by atoms with Crippen molar-refractivity contribution in [3.8, 4) is 12.3 Å². The predicted octanol–water partition coefficient (Wildman–Crippen LogP) is 3.20. The first-order valence-corrected chi connectivity index (χ1v) is 4.83. The van der Waals surface area contributed by atoms with Gasteiger partial charge in [0.15, 0.2) is 6.61 Å². The maximum absolute atomic E-state index is 13.4. The lowest BCUT2D eigenvalue weighted by atomic mass is 10.2. The number of esters is 1. The number of alkyl halides is 11. The smallest absolute Gasteiger partial charge is 0.448 e. The Bertz CT molecular complexity index is 486. The van der Waals surface area contributed by atoms with E-state index in [9.17, 15) is 53.1 Å². The molecular formula is C9H3F11O3. The van der Waals surface area contributed by atoms with E-state index in [1.807, 2.05) is 4.74 Å². The van der Waals surface area contributed by atoms with Gasteiger partial charge in [-0.3, -0.25) is 4.74 Å². The minimum absolute atomic E-state index is 1.29. The van der Waals surface area contributed by atoms with Crippen LogP contribution in [-0.2, 0) is 14.3 Å². The Morgan fingerprint density at radius 1 is 0.870 bits per heavy atom. The van der Waals surface area contributed by atoms with Gasteiger partial charge < -0.3 is 4.74 Å². The molecule has 0 saturated carbocycles. The first-order chi connectivity index (χ1) is 9.94. The molecule has 0 bridgehead atoms. The Morgan fingerprint density at radius 2 is 1.30 bits per heavy atom. The van der Waals surface area contributed by atoms with Crippen molar-refractivity contribution in [2.24, 2.45) is 0 Å². The van der Waals surface area contributed by atoms with Crippen LogP contribution in [0.1, 0.15) is 0 Å². The van der Waals surface area contributed by atoms with E-state index in [1.54, 1.807) is 0 Å². The molecule has 0 aromatic carbocycles. The normalized spacial score (nSPS) is 16.4. The van der Waals surface area contributed by atoms with Crippen LogP contribution in [0.3, 0.4) is 0 Å². The number of ether oxygens (including phenoxy) is 2. The van der Waals surface area contributed by atoms with Crippen molar-refractivity contribution in [1.29, 1.82) is 0 Å². The van der Waals surface area contributed by atoms with E-state index in [2.05, 4.69) is 11.2 Å². The molecule has 0 spiro atoms. The summed E-state index contributed by atoms with van der Waals surface area (Å²) in [5.74, 6) is -15.7. The summed E-state index contributed by atoms with van der Waals surface area (Å²) in [6.07, 6.45) is -16.6. The van der Waals surface area contributed by atoms with Crippen LogP contribution >= 0.6 is 0 Å². The van der Waals surface area contributed by atoms with Crippen LogP contribution in [0.5, 0.6) is 0 Å². The summed E-state index contributed by atoms with van der Waals surface area (Å²) in [5.41, 5.74) is 0. The first kappa shape index (κ1) is 21.2. The maximum Gasteiger partial charge on any atom is 0.462 e. The van der Waals surface area contributed by atoms with Gasteiger partial charge in [-0.2, -0.15) is 48.3 Å². The highest BCUT2D eigenvalue weighted by Gasteiger charge is 2.80. The van der Waals surface area contributed by atoms with Crippen molar-refractivity contribution < 1.29 is 62.6 Å². The molecule has 1 atom stereocenters. The van der Waals surface area contributed by atoms with Crippen molar-refractivity contribution in [2.45, 2.75) is 30.2 Å². The highest BCUT2D eigenvalue weighted by Crippen LogP contribution is 2.51. The van der Waals surface area contributed by atoms with Gasteiger partial charge >= 0.3 is 36.2 Å². The molecule has 134 valence electrons. The number of terminal acetylenes is 1. The van der Waals surface area contributed by atoms with Crippen molar-refractivity contribution >= 4 is 5.97 Å². The average Bonchev–Trinajstić information content (AvgIpc) is 2.32. The summed E-state index contributed by atoms with van der Waals surface area (Å²) < 4.78 is 141. The highest BCUT2D eigenvalue weighted by molar-refractivity contribution is 5.79. The Hall–Kier alpha value is -1.78. The van der Waals surface area contributed by atoms with Crippen molar-refractivity contribution in [3.05, 3.63) is 0 Å². The lowest BCUT2D eigenvalue weighted by molar-refractivity contribution is -0.474. The summed E-state index contributed by atoms with van der Waals surface area (Å²) in [6, 6.07) is 0. The molecule has 0 aromatic rings. The van der Waals surface area contributed by atoms with Gasteiger partial charge in [0.2, 0.25) is 0 Å². The summed E-state index contributed by atoms with van der Waals surface area (Å²) in [5, 5.41) is 0. The van der Waals surface area contributed by atoms with Gasteiger partial charge in [-0.15, -0.1) is 6.42 Å². The zero-order valence-corrected chi connectivity index (χ0v) is 10.2. The maximum atomic E-state index is 13.4. The lowest BCUT2D eigenvalue weighted by Crippen LogP contribution is -2.61. The summed E-state index contributed by atoms with van der Waals surface area (Å²) in [7, 11) is 0. The predicted molar refractivity (Wildman–Crippen MR) is 46.7 cm³/mol. The van der Waals surface area contributed by atoms with Gasteiger partial charge in [0.1, 0.15) is 0 Å². The van der Waals surface area contributed by atoms with E-state index >= 15 is 0 Å². The largest absolute Gasteiger partial charge is 0.462 e. The van der Waals surface area contributed by atoms with Gasteiger partial charge in [0.25, 0.3) is 0 Å².